The van der Waals surface area contributed by atoms with E-state index in [0.29, 0.717) is 18.1 Å². The first-order chi connectivity index (χ1) is 8.29. The summed E-state index contributed by atoms with van der Waals surface area (Å²) < 4.78 is 5.56. The number of pyridine rings is 1. The lowest BCUT2D eigenvalue weighted by Gasteiger charge is -2.05. The van der Waals surface area contributed by atoms with Crippen LogP contribution in [-0.2, 0) is 6.42 Å². The molecule has 2 heterocycles. The van der Waals surface area contributed by atoms with Gasteiger partial charge in [-0.1, -0.05) is 0 Å². The number of aryl methyl sites for hydroxylation is 1. The fraction of sp³-hybridized carbons (Fsp3) is 0.250. The van der Waals surface area contributed by atoms with E-state index >= 15 is 0 Å². The quantitative estimate of drug-likeness (QED) is 0.829. The van der Waals surface area contributed by atoms with Crippen LogP contribution in [0, 0.1) is 18.3 Å². The number of nitriles is 1. The van der Waals surface area contributed by atoms with E-state index in [1.807, 2.05) is 18.5 Å². The second-order valence-electron chi connectivity index (χ2n) is 3.45. The summed E-state index contributed by atoms with van der Waals surface area (Å²) in [5, 5.41) is 8.70. The van der Waals surface area contributed by atoms with Gasteiger partial charge < -0.3 is 4.74 Å². The first-order valence-corrected chi connectivity index (χ1v) is 6.05. The minimum atomic E-state index is 0.372. The molecule has 0 unspecified atom stereocenters. The van der Waals surface area contributed by atoms with Crippen molar-refractivity contribution in [3.8, 4) is 11.8 Å². The highest BCUT2D eigenvalue weighted by molar-refractivity contribution is 7.09. The number of ether oxygens (including phenoxy) is 1. The standard InChI is InChI=1S/C12H11N3OS/c1-9-12(17-8-15-9)3-5-16-11-2-4-14-10(6-11)7-13/h2,4,6,8H,3,5H2,1H3. The molecule has 0 atom stereocenters. The monoisotopic (exact) mass is 245 g/mol. The van der Waals surface area contributed by atoms with Crippen molar-refractivity contribution in [1.29, 1.82) is 5.26 Å². The zero-order chi connectivity index (χ0) is 12.1. The summed E-state index contributed by atoms with van der Waals surface area (Å²) in [7, 11) is 0. The Morgan fingerprint density at radius 2 is 2.35 bits per heavy atom. The van der Waals surface area contributed by atoms with E-state index < -0.39 is 0 Å². The molecule has 0 saturated carbocycles. The zero-order valence-electron chi connectivity index (χ0n) is 9.38. The molecule has 0 aromatic carbocycles. The molecule has 17 heavy (non-hydrogen) atoms. The lowest BCUT2D eigenvalue weighted by Crippen LogP contribution is -2.01. The summed E-state index contributed by atoms with van der Waals surface area (Å²) in [5.74, 6) is 0.679. The summed E-state index contributed by atoms with van der Waals surface area (Å²) in [6.07, 6.45) is 2.41. The summed E-state index contributed by atoms with van der Waals surface area (Å²) in [5.41, 5.74) is 3.27. The average Bonchev–Trinajstić information content (AvgIpc) is 2.76. The van der Waals surface area contributed by atoms with Crippen LogP contribution in [0.4, 0.5) is 0 Å². The van der Waals surface area contributed by atoms with Gasteiger partial charge in [-0.15, -0.1) is 11.3 Å². The number of aromatic nitrogens is 2. The molecular formula is C12H11N3OS. The first kappa shape index (κ1) is 11.6. The Kier molecular flexibility index (Phi) is 3.68. The van der Waals surface area contributed by atoms with Crippen molar-refractivity contribution >= 4 is 11.3 Å². The average molecular weight is 245 g/mol. The van der Waals surface area contributed by atoms with E-state index in [9.17, 15) is 0 Å². The highest BCUT2D eigenvalue weighted by Gasteiger charge is 2.02. The summed E-state index contributed by atoms with van der Waals surface area (Å²) in [6.45, 7) is 2.57. The molecule has 5 heteroatoms. The maximum atomic E-state index is 8.70. The first-order valence-electron chi connectivity index (χ1n) is 5.17. The maximum Gasteiger partial charge on any atom is 0.144 e. The number of hydrogen-bond donors (Lipinski definition) is 0. The second kappa shape index (κ2) is 5.41. The van der Waals surface area contributed by atoms with Crippen LogP contribution in [0.5, 0.6) is 5.75 Å². The molecule has 0 N–H and O–H groups in total. The highest BCUT2D eigenvalue weighted by atomic mass is 32.1. The molecule has 0 aliphatic heterocycles. The Morgan fingerprint density at radius 1 is 1.47 bits per heavy atom. The van der Waals surface area contributed by atoms with Gasteiger partial charge in [0.1, 0.15) is 17.5 Å². The molecule has 0 aliphatic rings. The molecule has 0 saturated heterocycles. The fourth-order valence-corrected chi connectivity index (χ4v) is 2.15. The van der Waals surface area contributed by atoms with Gasteiger partial charge in [-0.3, -0.25) is 0 Å². The Bertz CT molecular complexity index is 545. The van der Waals surface area contributed by atoms with Crippen LogP contribution in [-0.4, -0.2) is 16.6 Å². The third kappa shape index (κ3) is 3.02. The van der Waals surface area contributed by atoms with Crippen LogP contribution < -0.4 is 4.74 Å². The van der Waals surface area contributed by atoms with E-state index in [4.69, 9.17) is 10.00 Å². The number of thiazole rings is 1. The molecule has 0 spiro atoms. The van der Waals surface area contributed by atoms with Crippen molar-refractivity contribution < 1.29 is 4.74 Å². The molecular weight excluding hydrogens is 234 g/mol. The lowest BCUT2D eigenvalue weighted by atomic mass is 10.3. The topological polar surface area (TPSA) is 58.8 Å². The maximum absolute atomic E-state index is 8.70. The summed E-state index contributed by atoms with van der Waals surface area (Å²) in [4.78, 5) is 9.30. The minimum Gasteiger partial charge on any atom is -0.493 e. The predicted octanol–water partition coefficient (Wildman–Crippen LogP) is 2.34. The van der Waals surface area contributed by atoms with Gasteiger partial charge in [-0.25, -0.2) is 9.97 Å². The third-order valence-electron chi connectivity index (χ3n) is 2.29. The van der Waals surface area contributed by atoms with Gasteiger partial charge in [0.25, 0.3) is 0 Å². The van der Waals surface area contributed by atoms with Crippen molar-refractivity contribution in [1.82, 2.24) is 9.97 Å². The van der Waals surface area contributed by atoms with Crippen molar-refractivity contribution in [2.24, 2.45) is 0 Å². The Balaban J connectivity index is 1.90. The van der Waals surface area contributed by atoms with Crippen molar-refractivity contribution in [3.05, 3.63) is 40.1 Å². The van der Waals surface area contributed by atoms with E-state index in [1.165, 1.54) is 4.88 Å². The van der Waals surface area contributed by atoms with E-state index in [-0.39, 0.29) is 0 Å². The van der Waals surface area contributed by atoms with Crippen LogP contribution in [0.1, 0.15) is 16.3 Å². The summed E-state index contributed by atoms with van der Waals surface area (Å²) in [6, 6.07) is 5.37. The van der Waals surface area contributed by atoms with E-state index in [0.717, 1.165) is 12.1 Å². The zero-order valence-corrected chi connectivity index (χ0v) is 10.2. The Morgan fingerprint density at radius 3 is 3.06 bits per heavy atom. The molecule has 86 valence electrons. The molecule has 4 nitrogen and oxygen atoms in total. The largest absolute Gasteiger partial charge is 0.493 e. The van der Waals surface area contributed by atoms with Gasteiger partial charge >= 0.3 is 0 Å². The van der Waals surface area contributed by atoms with Crippen molar-refractivity contribution in [2.45, 2.75) is 13.3 Å². The number of hydrogen-bond acceptors (Lipinski definition) is 5. The van der Waals surface area contributed by atoms with Crippen LogP contribution in [0.2, 0.25) is 0 Å². The minimum absolute atomic E-state index is 0.372. The molecule has 2 aromatic heterocycles. The van der Waals surface area contributed by atoms with Gasteiger partial charge in [0, 0.05) is 23.6 Å². The molecule has 2 rings (SSSR count). The van der Waals surface area contributed by atoms with Gasteiger partial charge in [-0.2, -0.15) is 5.26 Å². The molecule has 0 fully saturated rings. The molecule has 0 amide bonds. The second-order valence-corrected chi connectivity index (χ2v) is 4.39. The van der Waals surface area contributed by atoms with Crippen LogP contribution in [0.25, 0.3) is 0 Å². The Labute approximate surface area is 104 Å². The number of rotatable bonds is 4. The summed E-state index contributed by atoms with van der Waals surface area (Å²) >= 11 is 1.64. The molecule has 2 aromatic rings. The SMILES string of the molecule is Cc1ncsc1CCOc1ccnc(C#N)c1. The predicted molar refractivity (Wildman–Crippen MR) is 65.0 cm³/mol. The smallest absolute Gasteiger partial charge is 0.144 e. The fourth-order valence-electron chi connectivity index (χ4n) is 1.39. The molecule has 0 aliphatic carbocycles. The van der Waals surface area contributed by atoms with Gasteiger partial charge in [0.05, 0.1) is 17.8 Å². The van der Waals surface area contributed by atoms with Crippen LogP contribution in [0.3, 0.4) is 0 Å². The number of nitrogens with zero attached hydrogens (tertiary/aromatic N) is 3. The molecule has 0 radical (unpaired) electrons. The van der Waals surface area contributed by atoms with Gasteiger partial charge in [0.2, 0.25) is 0 Å². The normalized spacial score (nSPS) is 9.88. The van der Waals surface area contributed by atoms with Crippen molar-refractivity contribution in [2.75, 3.05) is 6.61 Å². The molecule has 0 bridgehead atoms. The van der Waals surface area contributed by atoms with E-state index in [2.05, 4.69) is 9.97 Å². The van der Waals surface area contributed by atoms with E-state index in [1.54, 1.807) is 29.7 Å². The third-order valence-corrected chi connectivity index (χ3v) is 3.28. The van der Waals surface area contributed by atoms with Crippen molar-refractivity contribution in [3.63, 3.8) is 0 Å². The Hall–Kier alpha value is -1.93. The van der Waals surface area contributed by atoms with Crippen LogP contribution in [0.15, 0.2) is 23.8 Å². The van der Waals surface area contributed by atoms with Crippen LogP contribution >= 0.6 is 11.3 Å². The van der Waals surface area contributed by atoms with Gasteiger partial charge in [0.15, 0.2) is 0 Å². The van der Waals surface area contributed by atoms with Gasteiger partial charge in [-0.05, 0) is 13.0 Å². The highest BCUT2D eigenvalue weighted by Crippen LogP contribution is 2.15. The lowest BCUT2D eigenvalue weighted by molar-refractivity contribution is 0.322.